The Labute approximate surface area is 67.3 Å². The third-order valence-corrected chi connectivity index (χ3v) is 1.91. The molecule has 0 heterocycles. The summed E-state index contributed by atoms with van der Waals surface area (Å²) < 4.78 is 25.4. The molecule has 0 bridgehead atoms. The highest BCUT2D eigenvalue weighted by Gasteiger charge is 2.08. The van der Waals surface area contributed by atoms with Crippen molar-refractivity contribution in [3.05, 3.63) is 0 Å². The maximum atomic E-state index is 10.4. The molecule has 62 valence electrons. The molecule has 0 rings (SSSR count). The molecule has 5 heteroatoms. The SMILES string of the molecule is CCCC(S)OS(C)(=O)=O. The second-order valence-corrected chi connectivity index (χ2v) is 4.22. The summed E-state index contributed by atoms with van der Waals surface area (Å²) in [5.41, 5.74) is -0.486. The van der Waals surface area contributed by atoms with Crippen molar-refractivity contribution in [2.24, 2.45) is 0 Å². The van der Waals surface area contributed by atoms with Gasteiger partial charge >= 0.3 is 0 Å². The van der Waals surface area contributed by atoms with Gasteiger partial charge in [-0.15, -0.1) is 12.6 Å². The highest BCUT2D eigenvalue weighted by atomic mass is 32.2. The van der Waals surface area contributed by atoms with Gasteiger partial charge in [0.25, 0.3) is 10.1 Å². The molecule has 0 radical (unpaired) electrons. The average molecular weight is 184 g/mol. The van der Waals surface area contributed by atoms with Gasteiger partial charge < -0.3 is 0 Å². The molecular weight excluding hydrogens is 172 g/mol. The highest BCUT2D eigenvalue weighted by Crippen LogP contribution is 2.08. The number of hydrogen-bond donors (Lipinski definition) is 1. The summed E-state index contributed by atoms with van der Waals surface area (Å²) in [6.07, 6.45) is 2.53. The fourth-order valence-electron chi connectivity index (χ4n) is 0.497. The van der Waals surface area contributed by atoms with E-state index < -0.39 is 15.6 Å². The topological polar surface area (TPSA) is 43.4 Å². The summed E-state index contributed by atoms with van der Waals surface area (Å²) in [7, 11) is -3.32. The molecule has 0 aliphatic carbocycles. The van der Waals surface area contributed by atoms with E-state index in [1.165, 1.54) is 0 Å². The van der Waals surface area contributed by atoms with Crippen LogP contribution in [0.25, 0.3) is 0 Å². The van der Waals surface area contributed by atoms with Gasteiger partial charge in [-0.25, -0.2) is 0 Å². The van der Waals surface area contributed by atoms with Crippen molar-refractivity contribution in [2.45, 2.75) is 25.2 Å². The van der Waals surface area contributed by atoms with Crippen LogP contribution in [0.3, 0.4) is 0 Å². The van der Waals surface area contributed by atoms with E-state index in [1.54, 1.807) is 0 Å². The number of hydrogen-bond acceptors (Lipinski definition) is 4. The Hall–Kier alpha value is 0.260. The Morgan fingerprint density at radius 1 is 1.60 bits per heavy atom. The van der Waals surface area contributed by atoms with E-state index in [0.717, 1.165) is 12.7 Å². The Kier molecular flexibility index (Phi) is 4.31. The molecular formula is C5H12O3S2. The van der Waals surface area contributed by atoms with Crippen LogP contribution in [-0.4, -0.2) is 20.1 Å². The molecule has 0 saturated carbocycles. The number of thiol groups is 1. The molecule has 0 aromatic heterocycles. The van der Waals surface area contributed by atoms with Crippen LogP contribution < -0.4 is 0 Å². The molecule has 10 heavy (non-hydrogen) atoms. The Morgan fingerprint density at radius 3 is 2.40 bits per heavy atom. The summed E-state index contributed by atoms with van der Waals surface area (Å²) in [6.45, 7) is 1.94. The molecule has 0 saturated heterocycles. The molecule has 1 unspecified atom stereocenters. The zero-order chi connectivity index (χ0) is 8.20. The van der Waals surface area contributed by atoms with E-state index in [4.69, 9.17) is 0 Å². The Bertz CT molecular complexity index is 173. The quantitative estimate of drug-likeness (QED) is 0.403. The van der Waals surface area contributed by atoms with Gasteiger partial charge in [0.15, 0.2) is 0 Å². The van der Waals surface area contributed by atoms with Crippen LogP contribution in [0, 0.1) is 0 Å². The minimum Gasteiger partial charge on any atom is -0.256 e. The Morgan fingerprint density at radius 2 is 2.10 bits per heavy atom. The van der Waals surface area contributed by atoms with Crippen molar-refractivity contribution in [1.29, 1.82) is 0 Å². The molecule has 0 fully saturated rings. The zero-order valence-electron chi connectivity index (χ0n) is 6.07. The molecule has 3 nitrogen and oxygen atoms in total. The predicted octanol–water partition coefficient (Wildman–Crippen LogP) is 1.02. The predicted molar refractivity (Wildman–Crippen MR) is 43.6 cm³/mol. The van der Waals surface area contributed by atoms with E-state index in [1.807, 2.05) is 6.92 Å². The lowest BCUT2D eigenvalue weighted by Gasteiger charge is -2.07. The van der Waals surface area contributed by atoms with Crippen LogP contribution in [0.1, 0.15) is 19.8 Å². The van der Waals surface area contributed by atoms with Crippen LogP contribution in [0.4, 0.5) is 0 Å². The van der Waals surface area contributed by atoms with Gasteiger partial charge in [0.05, 0.1) is 6.26 Å². The summed E-state index contributed by atoms with van der Waals surface area (Å²) in [4.78, 5) is 0. The first-order chi connectivity index (χ1) is 4.45. The first kappa shape index (κ1) is 10.3. The van der Waals surface area contributed by atoms with Gasteiger partial charge in [-0.1, -0.05) is 13.3 Å². The molecule has 1 atom stereocenters. The summed E-state index contributed by atoms with van der Waals surface area (Å²) in [5.74, 6) is 0. The van der Waals surface area contributed by atoms with Crippen molar-refractivity contribution in [3.63, 3.8) is 0 Å². The van der Waals surface area contributed by atoms with E-state index in [9.17, 15) is 8.42 Å². The Balaban J connectivity index is 3.69. The smallest absolute Gasteiger partial charge is 0.256 e. The molecule has 0 N–H and O–H groups in total. The van der Waals surface area contributed by atoms with Crippen molar-refractivity contribution >= 4 is 22.7 Å². The maximum Gasteiger partial charge on any atom is 0.265 e. The molecule has 0 aliphatic heterocycles. The van der Waals surface area contributed by atoms with Gasteiger partial charge in [0, 0.05) is 0 Å². The van der Waals surface area contributed by atoms with Crippen LogP contribution in [0.15, 0.2) is 0 Å². The second-order valence-electron chi connectivity index (χ2n) is 2.04. The fourth-order valence-corrected chi connectivity index (χ4v) is 1.72. The van der Waals surface area contributed by atoms with E-state index in [2.05, 4.69) is 16.8 Å². The highest BCUT2D eigenvalue weighted by molar-refractivity contribution is 7.87. The fraction of sp³-hybridized carbons (Fsp3) is 1.00. The minimum absolute atomic E-state index is 0.486. The van der Waals surface area contributed by atoms with Gasteiger partial charge in [0.2, 0.25) is 0 Å². The third-order valence-electron chi connectivity index (χ3n) is 0.821. The van der Waals surface area contributed by atoms with E-state index in [-0.39, 0.29) is 0 Å². The zero-order valence-corrected chi connectivity index (χ0v) is 7.78. The monoisotopic (exact) mass is 184 g/mol. The second kappa shape index (κ2) is 4.20. The van der Waals surface area contributed by atoms with Crippen molar-refractivity contribution in [3.8, 4) is 0 Å². The van der Waals surface area contributed by atoms with Crippen LogP contribution in [0.2, 0.25) is 0 Å². The van der Waals surface area contributed by atoms with Gasteiger partial charge in [0.1, 0.15) is 5.44 Å². The van der Waals surface area contributed by atoms with E-state index in [0.29, 0.717) is 6.42 Å². The van der Waals surface area contributed by atoms with Gasteiger partial charge in [-0.05, 0) is 6.42 Å². The van der Waals surface area contributed by atoms with Gasteiger partial charge in [-0.2, -0.15) is 8.42 Å². The normalized spacial score (nSPS) is 15.1. The van der Waals surface area contributed by atoms with E-state index >= 15 is 0 Å². The van der Waals surface area contributed by atoms with Crippen LogP contribution in [-0.2, 0) is 14.3 Å². The lowest BCUT2D eigenvalue weighted by atomic mass is 10.4. The first-order valence-electron chi connectivity index (χ1n) is 3.02. The third kappa shape index (κ3) is 6.38. The molecule has 0 aliphatic rings. The largest absolute Gasteiger partial charge is 0.265 e. The van der Waals surface area contributed by atoms with Crippen LogP contribution in [0.5, 0.6) is 0 Å². The summed E-state index contributed by atoms with van der Waals surface area (Å²) in [5, 5.41) is 0. The lowest BCUT2D eigenvalue weighted by molar-refractivity contribution is 0.285. The molecule has 0 aromatic rings. The van der Waals surface area contributed by atoms with Crippen molar-refractivity contribution < 1.29 is 12.6 Å². The molecule has 0 aromatic carbocycles. The summed E-state index contributed by atoms with van der Waals surface area (Å²) >= 11 is 3.90. The maximum absolute atomic E-state index is 10.4. The summed E-state index contributed by atoms with van der Waals surface area (Å²) in [6, 6.07) is 0. The lowest BCUT2D eigenvalue weighted by Crippen LogP contribution is -2.11. The van der Waals surface area contributed by atoms with Gasteiger partial charge in [-0.3, -0.25) is 4.18 Å². The first-order valence-corrected chi connectivity index (χ1v) is 5.35. The van der Waals surface area contributed by atoms with Crippen molar-refractivity contribution in [2.75, 3.05) is 6.26 Å². The average Bonchev–Trinajstić information content (AvgIpc) is 1.59. The van der Waals surface area contributed by atoms with Crippen molar-refractivity contribution in [1.82, 2.24) is 0 Å². The molecule has 0 amide bonds. The standard InChI is InChI=1S/C5H12O3S2/c1-3-4-5(9)8-10(2,6)7/h5,9H,3-4H2,1-2H3. The number of rotatable bonds is 4. The minimum atomic E-state index is -3.32. The van der Waals surface area contributed by atoms with Crippen LogP contribution >= 0.6 is 12.6 Å². The molecule has 0 spiro atoms.